The van der Waals surface area contributed by atoms with Crippen molar-refractivity contribution in [3.8, 4) is 5.69 Å². The van der Waals surface area contributed by atoms with Crippen molar-refractivity contribution in [2.45, 2.75) is 46.1 Å². The van der Waals surface area contributed by atoms with E-state index in [2.05, 4.69) is 22.3 Å². The summed E-state index contributed by atoms with van der Waals surface area (Å²) in [5, 5.41) is 8.95. The highest BCUT2D eigenvalue weighted by molar-refractivity contribution is 5.91. The maximum atomic E-state index is 12.9. The number of nitrogens with one attached hydrogen (secondary N) is 1. The van der Waals surface area contributed by atoms with Gasteiger partial charge in [0.15, 0.2) is 5.65 Å². The Kier molecular flexibility index (Phi) is 6.82. The summed E-state index contributed by atoms with van der Waals surface area (Å²) < 4.78 is 1.92. The molecule has 0 bridgehead atoms. The third-order valence-electron chi connectivity index (χ3n) is 6.50. The van der Waals surface area contributed by atoms with Crippen LogP contribution < -0.4 is 10.2 Å². The molecule has 8 nitrogen and oxygen atoms in total. The molecule has 1 N–H and O–H groups in total. The Morgan fingerprint density at radius 2 is 1.62 bits per heavy atom. The number of carbonyl (C=O) groups excluding carboxylic acids is 1. The lowest BCUT2D eigenvalue weighted by atomic mass is 10.1. The van der Waals surface area contributed by atoms with Crippen molar-refractivity contribution < 1.29 is 4.79 Å². The topological polar surface area (TPSA) is 79.2 Å². The molecule has 1 fully saturated rings. The van der Waals surface area contributed by atoms with Gasteiger partial charge in [0.2, 0.25) is 0 Å². The van der Waals surface area contributed by atoms with E-state index in [-0.39, 0.29) is 11.6 Å². The fourth-order valence-corrected chi connectivity index (χ4v) is 4.77. The maximum absolute atomic E-state index is 12.9. The molecule has 0 unspecified atom stereocenters. The van der Waals surface area contributed by atoms with Crippen molar-refractivity contribution in [3.05, 3.63) is 77.7 Å². The van der Waals surface area contributed by atoms with Gasteiger partial charge in [-0.25, -0.2) is 19.4 Å². The van der Waals surface area contributed by atoms with Gasteiger partial charge in [0.1, 0.15) is 11.6 Å². The molecule has 8 heteroatoms. The van der Waals surface area contributed by atoms with Crippen molar-refractivity contribution in [2.24, 2.45) is 0 Å². The first-order valence-electron chi connectivity index (χ1n) is 13.0. The van der Waals surface area contributed by atoms with Crippen LogP contribution in [-0.4, -0.2) is 62.4 Å². The van der Waals surface area contributed by atoms with Crippen molar-refractivity contribution >= 4 is 22.9 Å². The van der Waals surface area contributed by atoms with Gasteiger partial charge in [0, 0.05) is 38.1 Å². The monoisotopic (exact) mass is 497 g/mol. The minimum atomic E-state index is -0.267. The second-order valence-electron chi connectivity index (χ2n) is 10.7. The Hall–Kier alpha value is -3.94. The molecule has 0 radical (unpaired) electrons. The van der Waals surface area contributed by atoms with E-state index < -0.39 is 0 Å². The number of hydrogen-bond donors (Lipinski definition) is 1. The lowest BCUT2D eigenvalue weighted by Gasteiger charge is -2.28. The van der Waals surface area contributed by atoms with Gasteiger partial charge in [0.05, 0.1) is 16.8 Å². The molecular formula is C29H35N7O. The van der Waals surface area contributed by atoms with Crippen LogP contribution in [0.1, 0.15) is 44.3 Å². The van der Waals surface area contributed by atoms with Gasteiger partial charge in [0.25, 0.3) is 0 Å². The van der Waals surface area contributed by atoms with Crippen LogP contribution in [0.4, 0.5) is 10.6 Å². The number of amides is 2. The highest BCUT2D eigenvalue weighted by Crippen LogP contribution is 2.30. The fraction of sp³-hybridized carbons (Fsp3) is 0.379. The molecule has 0 aliphatic carbocycles. The number of anilines is 1. The largest absolute Gasteiger partial charge is 0.354 e. The second kappa shape index (κ2) is 10.2. The number of fused-ring (bicyclic) bond motifs is 1. The summed E-state index contributed by atoms with van der Waals surface area (Å²) in [6.45, 7) is 10.9. The lowest BCUT2D eigenvalue weighted by Crippen LogP contribution is -2.49. The van der Waals surface area contributed by atoms with Crippen molar-refractivity contribution in [1.29, 1.82) is 0 Å². The highest BCUT2D eigenvalue weighted by Gasteiger charge is 2.26. The molecule has 2 amide bonds. The third kappa shape index (κ3) is 5.58. The van der Waals surface area contributed by atoms with Crippen LogP contribution >= 0.6 is 0 Å². The Morgan fingerprint density at radius 3 is 2.32 bits per heavy atom. The van der Waals surface area contributed by atoms with E-state index in [0.29, 0.717) is 26.1 Å². The number of aromatic nitrogens is 4. The number of rotatable bonds is 4. The smallest absolute Gasteiger partial charge is 0.317 e. The number of carbonyl (C=O) groups is 1. The van der Waals surface area contributed by atoms with E-state index >= 15 is 0 Å². The number of urea groups is 1. The highest BCUT2D eigenvalue weighted by atomic mass is 16.2. The quantitative estimate of drug-likeness (QED) is 0.441. The molecule has 4 aromatic rings. The molecule has 0 saturated carbocycles. The first-order valence-corrected chi connectivity index (χ1v) is 13.0. The summed E-state index contributed by atoms with van der Waals surface area (Å²) in [7, 11) is 0. The Labute approximate surface area is 218 Å². The van der Waals surface area contributed by atoms with Crippen LogP contribution in [0.15, 0.2) is 60.7 Å². The number of benzene rings is 2. The molecule has 192 valence electrons. The van der Waals surface area contributed by atoms with E-state index in [1.807, 2.05) is 85.8 Å². The zero-order valence-electron chi connectivity index (χ0n) is 22.1. The SMILES string of the molecule is Cc1nn(-c2ccccc2)c2nc(Cc3ccccc3)nc(N3CCCN(C(=O)NC(C)(C)C)CC3)c12. The molecule has 0 atom stereocenters. The molecule has 0 spiro atoms. The average molecular weight is 498 g/mol. The predicted octanol–water partition coefficient (Wildman–Crippen LogP) is 4.73. The number of nitrogens with zero attached hydrogens (tertiary/aromatic N) is 6. The first-order chi connectivity index (χ1) is 17.8. The van der Waals surface area contributed by atoms with Gasteiger partial charge in [-0.1, -0.05) is 48.5 Å². The molecule has 37 heavy (non-hydrogen) atoms. The molecule has 1 aliphatic heterocycles. The number of hydrogen-bond acceptors (Lipinski definition) is 5. The van der Waals surface area contributed by atoms with Gasteiger partial charge in [-0.3, -0.25) is 0 Å². The zero-order chi connectivity index (χ0) is 26.0. The normalized spacial score (nSPS) is 14.6. The Bertz CT molecular complexity index is 1380. The molecular weight excluding hydrogens is 462 g/mol. The van der Waals surface area contributed by atoms with Crippen LogP contribution in [0.5, 0.6) is 0 Å². The molecule has 5 rings (SSSR count). The first kappa shape index (κ1) is 24.7. The van der Waals surface area contributed by atoms with E-state index in [0.717, 1.165) is 52.6 Å². The fourth-order valence-electron chi connectivity index (χ4n) is 4.77. The van der Waals surface area contributed by atoms with Crippen LogP contribution in [0, 0.1) is 6.92 Å². The summed E-state index contributed by atoms with van der Waals surface area (Å²) in [5.74, 6) is 1.66. The Morgan fingerprint density at radius 1 is 0.919 bits per heavy atom. The van der Waals surface area contributed by atoms with Crippen LogP contribution in [0.25, 0.3) is 16.7 Å². The summed E-state index contributed by atoms with van der Waals surface area (Å²) in [6, 6.07) is 20.4. The summed E-state index contributed by atoms with van der Waals surface area (Å²) in [6.07, 6.45) is 1.50. The Balaban J connectivity index is 1.54. The van der Waals surface area contributed by atoms with E-state index in [4.69, 9.17) is 15.1 Å². The molecule has 1 saturated heterocycles. The van der Waals surface area contributed by atoms with Gasteiger partial charge in [-0.15, -0.1) is 0 Å². The standard InChI is InChI=1S/C29H35N7O/c1-21-25-26(34-16-11-17-35(19-18-34)28(37)32-29(2,3)4)30-24(20-22-12-7-5-8-13-22)31-27(25)36(33-21)23-14-9-6-10-15-23/h5-10,12-15H,11,16-20H2,1-4H3,(H,32,37). The average Bonchev–Trinajstić information content (AvgIpc) is 3.03. The van der Waals surface area contributed by atoms with Crippen molar-refractivity contribution in [2.75, 3.05) is 31.1 Å². The number of para-hydroxylation sites is 1. The molecule has 1 aliphatic rings. The third-order valence-corrected chi connectivity index (χ3v) is 6.50. The van der Waals surface area contributed by atoms with Gasteiger partial charge >= 0.3 is 6.03 Å². The molecule has 2 aromatic carbocycles. The van der Waals surface area contributed by atoms with Gasteiger partial charge in [-0.05, 0) is 51.8 Å². The van der Waals surface area contributed by atoms with Gasteiger partial charge < -0.3 is 15.1 Å². The van der Waals surface area contributed by atoms with Crippen LogP contribution in [0.3, 0.4) is 0 Å². The summed E-state index contributed by atoms with van der Waals surface area (Å²) in [5.41, 5.74) is 3.57. The van der Waals surface area contributed by atoms with Gasteiger partial charge in [-0.2, -0.15) is 5.10 Å². The maximum Gasteiger partial charge on any atom is 0.317 e. The molecule has 2 aromatic heterocycles. The minimum absolute atomic E-state index is 0.0139. The van der Waals surface area contributed by atoms with Crippen molar-refractivity contribution in [3.63, 3.8) is 0 Å². The zero-order valence-corrected chi connectivity index (χ0v) is 22.1. The lowest BCUT2D eigenvalue weighted by molar-refractivity contribution is 0.192. The summed E-state index contributed by atoms with van der Waals surface area (Å²) in [4.78, 5) is 27.2. The second-order valence-corrected chi connectivity index (χ2v) is 10.7. The van der Waals surface area contributed by atoms with E-state index in [1.165, 1.54) is 0 Å². The predicted molar refractivity (Wildman–Crippen MR) is 147 cm³/mol. The van der Waals surface area contributed by atoms with E-state index in [1.54, 1.807) is 0 Å². The molecule has 3 heterocycles. The minimum Gasteiger partial charge on any atom is -0.354 e. The van der Waals surface area contributed by atoms with Crippen molar-refractivity contribution in [1.82, 2.24) is 30.0 Å². The van der Waals surface area contributed by atoms with Crippen LogP contribution in [0.2, 0.25) is 0 Å². The van der Waals surface area contributed by atoms with Crippen LogP contribution in [-0.2, 0) is 6.42 Å². The summed E-state index contributed by atoms with van der Waals surface area (Å²) >= 11 is 0. The van der Waals surface area contributed by atoms with E-state index in [9.17, 15) is 4.79 Å². The number of aryl methyl sites for hydroxylation is 1.